The highest BCUT2D eigenvalue weighted by atomic mass is 14.8. The molecule has 0 aromatic carbocycles. The summed E-state index contributed by atoms with van der Waals surface area (Å²) in [6.07, 6.45) is 2.31. The summed E-state index contributed by atoms with van der Waals surface area (Å²) in [5.41, 5.74) is 0. The van der Waals surface area contributed by atoms with Gasteiger partial charge in [-0.2, -0.15) is 0 Å². The van der Waals surface area contributed by atoms with Crippen LogP contribution in [0.3, 0.4) is 0 Å². The first-order valence-corrected chi connectivity index (χ1v) is 3.17. The Morgan fingerprint density at radius 3 is 2.62 bits per heavy atom. The third-order valence-electron chi connectivity index (χ3n) is 1.09. The lowest BCUT2D eigenvalue weighted by Crippen LogP contribution is -2.07. The van der Waals surface area contributed by atoms with Gasteiger partial charge in [0.05, 0.1) is 7.85 Å². The van der Waals surface area contributed by atoms with Crippen LogP contribution in [0.15, 0.2) is 0 Å². The van der Waals surface area contributed by atoms with Crippen molar-refractivity contribution in [3.05, 3.63) is 0 Å². The summed E-state index contributed by atoms with van der Waals surface area (Å²) in [5, 5.41) is 3.07. The van der Waals surface area contributed by atoms with Crippen molar-refractivity contribution in [1.82, 2.24) is 5.32 Å². The summed E-state index contributed by atoms with van der Waals surface area (Å²) in [4.78, 5) is 0. The van der Waals surface area contributed by atoms with Crippen molar-refractivity contribution in [3.63, 3.8) is 0 Å². The zero-order valence-corrected chi connectivity index (χ0v) is 5.78. The first kappa shape index (κ1) is 8.02. The zero-order chi connectivity index (χ0) is 6.41. The molecule has 1 nitrogen and oxygen atoms in total. The van der Waals surface area contributed by atoms with Crippen molar-refractivity contribution in [3.8, 4) is 0 Å². The Hall–Kier alpha value is 0.0249. The Morgan fingerprint density at radius 2 is 2.25 bits per heavy atom. The van der Waals surface area contributed by atoms with E-state index in [-0.39, 0.29) is 0 Å². The Balaban J connectivity index is 2.72. The fraction of sp³-hybridized carbons (Fsp3) is 1.00. The Morgan fingerprint density at radius 1 is 1.62 bits per heavy atom. The minimum Gasteiger partial charge on any atom is -0.320 e. The van der Waals surface area contributed by atoms with Crippen LogP contribution in [0.5, 0.6) is 0 Å². The quantitative estimate of drug-likeness (QED) is 0.421. The molecule has 0 aliphatic rings. The third kappa shape index (κ3) is 6.02. The van der Waals surface area contributed by atoms with Gasteiger partial charge in [0.2, 0.25) is 0 Å². The van der Waals surface area contributed by atoms with Crippen LogP contribution in [0.4, 0.5) is 0 Å². The highest BCUT2D eigenvalue weighted by Gasteiger charge is 1.90. The van der Waals surface area contributed by atoms with E-state index in [0.29, 0.717) is 5.82 Å². The van der Waals surface area contributed by atoms with Crippen LogP contribution < -0.4 is 5.32 Å². The summed E-state index contributed by atoms with van der Waals surface area (Å²) in [6.45, 7) is 3.12. The van der Waals surface area contributed by atoms with E-state index in [0.717, 1.165) is 13.0 Å². The molecule has 0 aromatic rings. The van der Waals surface area contributed by atoms with Crippen LogP contribution in [0.25, 0.3) is 0 Å². The molecule has 1 N–H and O–H groups in total. The van der Waals surface area contributed by atoms with E-state index in [1.165, 1.54) is 6.42 Å². The van der Waals surface area contributed by atoms with E-state index in [9.17, 15) is 0 Å². The van der Waals surface area contributed by atoms with Gasteiger partial charge in [0, 0.05) is 0 Å². The molecule has 0 amide bonds. The van der Waals surface area contributed by atoms with E-state index in [4.69, 9.17) is 7.85 Å². The van der Waals surface area contributed by atoms with Gasteiger partial charge in [-0.25, -0.2) is 0 Å². The first-order chi connectivity index (χ1) is 3.77. The van der Waals surface area contributed by atoms with Gasteiger partial charge >= 0.3 is 0 Å². The SMILES string of the molecule is [B]C(C)CCCNC. The van der Waals surface area contributed by atoms with E-state index < -0.39 is 0 Å². The molecular weight excluding hydrogens is 96.9 g/mol. The summed E-state index contributed by atoms with van der Waals surface area (Å²) in [7, 11) is 7.46. The van der Waals surface area contributed by atoms with Crippen molar-refractivity contribution in [2.24, 2.45) is 0 Å². The molecule has 1 atom stereocenters. The number of rotatable bonds is 4. The molecule has 0 fully saturated rings. The smallest absolute Gasteiger partial charge is 0.0695 e. The summed E-state index contributed by atoms with van der Waals surface area (Å²) in [5.74, 6) is 0.364. The highest BCUT2D eigenvalue weighted by molar-refractivity contribution is 6.11. The van der Waals surface area contributed by atoms with Crippen LogP contribution in [0, 0.1) is 0 Å². The molecular formula is C6H14BN. The molecule has 0 aromatic heterocycles. The Labute approximate surface area is 53.3 Å². The minimum absolute atomic E-state index is 0.364. The monoisotopic (exact) mass is 111 g/mol. The third-order valence-corrected chi connectivity index (χ3v) is 1.09. The fourth-order valence-corrected chi connectivity index (χ4v) is 0.601. The predicted octanol–water partition coefficient (Wildman–Crippen LogP) is 0.963. The zero-order valence-electron chi connectivity index (χ0n) is 5.78. The molecule has 2 radical (unpaired) electrons. The van der Waals surface area contributed by atoms with Gasteiger partial charge in [-0.05, 0) is 20.0 Å². The molecule has 0 rings (SSSR count). The lowest BCUT2D eigenvalue weighted by Gasteiger charge is -2.01. The molecule has 0 saturated heterocycles. The Kier molecular flexibility index (Phi) is 5.18. The minimum atomic E-state index is 0.364. The molecule has 0 heterocycles. The lowest BCUT2D eigenvalue weighted by molar-refractivity contribution is 0.666. The van der Waals surface area contributed by atoms with Crippen LogP contribution in [-0.2, 0) is 0 Å². The highest BCUT2D eigenvalue weighted by Crippen LogP contribution is 2.04. The topological polar surface area (TPSA) is 12.0 Å². The normalized spacial score (nSPS) is 13.8. The van der Waals surface area contributed by atoms with E-state index in [1.807, 2.05) is 14.0 Å². The average Bonchev–Trinajstić information content (AvgIpc) is 1.66. The van der Waals surface area contributed by atoms with Crippen molar-refractivity contribution in [1.29, 1.82) is 0 Å². The molecule has 0 saturated carbocycles. The number of hydrogen-bond donors (Lipinski definition) is 1. The van der Waals surface area contributed by atoms with Gasteiger partial charge in [0.1, 0.15) is 0 Å². The molecule has 1 unspecified atom stereocenters. The van der Waals surface area contributed by atoms with E-state index in [2.05, 4.69) is 5.32 Å². The molecule has 8 heavy (non-hydrogen) atoms. The van der Waals surface area contributed by atoms with Gasteiger partial charge in [0.15, 0.2) is 0 Å². The van der Waals surface area contributed by atoms with Gasteiger partial charge in [-0.1, -0.05) is 19.2 Å². The van der Waals surface area contributed by atoms with Crippen LogP contribution in [-0.4, -0.2) is 21.4 Å². The van der Waals surface area contributed by atoms with E-state index >= 15 is 0 Å². The average molecular weight is 111 g/mol. The summed E-state index contributed by atoms with van der Waals surface area (Å²) in [6, 6.07) is 0. The maximum atomic E-state index is 5.51. The predicted molar refractivity (Wildman–Crippen MR) is 38.3 cm³/mol. The van der Waals surface area contributed by atoms with Crippen LogP contribution in [0.1, 0.15) is 19.8 Å². The summed E-state index contributed by atoms with van der Waals surface area (Å²) >= 11 is 0. The fourth-order valence-electron chi connectivity index (χ4n) is 0.601. The summed E-state index contributed by atoms with van der Waals surface area (Å²) < 4.78 is 0. The number of hydrogen-bond acceptors (Lipinski definition) is 1. The second kappa shape index (κ2) is 5.17. The molecule has 0 spiro atoms. The van der Waals surface area contributed by atoms with Crippen molar-refractivity contribution < 1.29 is 0 Å². The lowest BCUT2D eigenvalue weighted by atomic mass is 9.86. The standard InChI is InChI=1S/C6H14BN/c1-6(7)4-3-5-8-2/h6,8H,3-5H2,1-2H3. The first-order valence-electron chi connectivity index (χ1n) is 3.17. The molecule has 2 heteroatoms. The Bertz CT molecular complexity index is 45.8. The van der Waals surface area contributed by atoms with Gasteiger partial charge in [0.25, 0.3) is 0 Å². The maximum absolute atomic E-state index is 5.51. The molecule has 46 valence electrons. The van der Waals surface area contributed by atoms with Crippen LogP contribution >= 0.6 is 0 Å². The second-order valence-corrected chi connectivity index (χ2v) is 2.22. The van der Waals surface area contributed by atoms with Gasteiger partial charge in [-0.3, -0.25) is 0 Å². The van der Waals surface area contributed by atoms with Crippen LogP contribution in [0.2, 0.25) is 5.82 Å². The largest absolute Gasteiger partial charge is 0.320 e. The number of nitrogens with one attached hydrogen (secondary N) is 1. The maximum Gasteiger partial charge on any atom is 0.0695 e. The second-order valence-electron chi connectivity index (χ2n) is 2.22. The molecule has 0 aliphatic carbocycles. The van der Waals surface area contributed by atoms with Crippen molar-refractivity contribution in [2.45, 2.75) is 25.6 Å². The van der Waals surface area contributed by atoms with Gasteiger partial charge in [-0.15, -0.1) is 0 Å². The molecule has 0 aliphatic heterocycles. The van der Waals surface area contributed by atoms with Gasteiger partial charge < -0.3 is 5.32 Å². The van der Waals surface area contributed by atoms with E-state index in [1.54, 1.807) is 0 Å². The molecule has 0 bridgehead atoms. The van der Waals surface area contributed by atoms with Crippen molar-refractivity contribution in [2.75, 3.05) is 13.6 Å². The van der Waals surface area contributed by atoms with Crippen molar-refractivity contribution >= 4 is 7.85 Å².